The molecule has 0 aromatic carbocycles. The summed E-state index contributed by atoms with van der Waals surface area (Å²) in [6.07, 6.45) is 2.68. The maximum atomic E-state index is 12.0. The number of aromatic carboxylic acids is 1. The highest BCUT2D eigenvalue weighted by Gasteiger charge is 2.32. The number of aryl methyl sites for hydroxylation is 1. The number of hydrogen-bond acceptors (Lipinski definition) is 5. The molecular formula is C13H14N4O3S. The number of carboxylic acids is 1. The largest absolute Gasteiger partial charge is 0.476 e. The van der Waals surface area contributed by atoms with E-state index >= 15 is 0 Å². The number of carbonyl (C=O) groups excluding carboxylic acids is 1. The number of likely N-dealkylation sites (tertiary alicyclic amines) is 1. The minimum absolute atomic E-state index is 0.0243. The van der Waals surface area contributed by atoms with Gasteiger partial charge in [-0.05, 0) is 17.9 Å². The normalized spacial score (nSPS) is 15.0. The van der Waals surface area contributed by atoms with E-state index in [1.807, 2.05) is 17.5 Å². The second-order valence-corrected chi connectivity index (χ2v) is 5.95. The van der Waals surface area contributed by atoms with Gasteiger partial charge in [0.05, 0.1) is 12.2 Å². The highest BCUT2D eigenvalue weighted by Crippen LogP contribution is 2.22. The first kappa shape index (κ1) is 13.7. The summed E-state index contributed by atoms with van der Waals surface area (Å²) >= 11 is 1.66. The summed E-state index contributed by atoms with van der Waals surface area (Å²) in [7, 11) is 0. The van der Waals surface area contributed by atoms with Crippen LogP contribution in [0.4, 0.5) is 0 Å². The quantitative estimate of drug-likeness (QED) is 0.892. The van der Waals surface area contributed by atoms with Gasteiger partial charge in [-0.1, -0.05) is 11.3 Å². The Morgan fingerprint density at radius 3 is 2.86 bits per heavy atom. The first-order valence-corrected chi connectivity index (χ1v) is 7.47. The summed E-state index contributed by atoms with van der Waals surface area (Å²) in [6.45, 7) is 1.12. The van der Waals surface area contributed by atoms with Crippen LogP contribution in [-0.2, 0) is 11.2 Å². The second-order valence-electron chi connectivity index (χ2n) is 4.92. The van der Waals surface area contributed by atoms with Crippen LogP contribution >= 0.6 is 11.3 Å². The van der Waals surface area contributed by atoms with Gasteiger partial charge in [-0.3, -0.25) is 4.79 Å². The highest BCUT2D eigenvalue weighted by molar-refractivity contribution is 7.09. The third kappa shape index (κ3) is 2.94. The Morgan fingerprint density at radius 1 is 1.43 bits per heavy atom. The molecule has 21 heavy (non-hydrogen) atoms. The molecule has 3 heterocycles. The number of rotatable bonds is 5. The van der Waals surface area contributed by atoms with Crippen molar-refractivity contribution in [1.82, 2.24) is 19.9 Å². The molecule has 2 aromatic heterocycles. The van der Waals surface area contributed by atoms with E-state index < -0.39 is 5.97 Å². The lowest BCUT2D eigenvalue weighted by Gasteiger charge is -2.38. The van der Waals surface area contributed by atoms with Crippen LogP contribution in [0.15, 0.2) is 23.7 Å². The number of carbonyl (C=O) groups is 2. The van der Waals surface area contributed by atoms with Crippen LogP contribution in [-0.4, -0.2) is 50.0 Å². The molecule has 110 valence electrons. The lowest BCUT2D eigenvalue weighted by Crippen LogP contribution is -2.50. The molecule has 1 N–H and O–H groups in total. The van der Waals surface area contributed by atoms with Crippen molar-refractivity contribution in [3.8, 4) is 0 Å². The summed E-state index contributed by atoms with van der Waals surface area (Å²) in [5.41, 5.74) is -0.0718. The summed E-state index contributed by atoms with van der Waals surface area (Å²) in [5, 5.41) is 18.2. The number of aromatic nitrogens is 3. The molecule has 2 aromatic rings. The van der Waals surface area contributed by atoms with Gasteiger partial charge in [0.15, 0.2) is 5.69 Å². The fourth-order valence-electron chi connectivity index (χ4n) is 2.22. The molecular weight excluding hydrogens is 292 g/mol. The zero-order valence-electron chi connectivity index (χ0n) is 11.2. The van der Waals surface area contributed by atoms with E-state index in [9.17, 15) is 9.59 Å². The van der Waals surface area contributed by atoms with Crippen LogP contribution in [0.25, 0.3) is 0 Å². The number of thiophene rings is 1. The van der Waals surface area contributed by atoms with E-state index in [0.29, 0.717) is 19.5 Å². The van der Waals surface area contributed by atoms with E-state index in [0.717, 1.165) is 6.42 Å². The van der Waals surface area contributed by atoms with Gasteiger partial charge in [-0.2, -0.15) is 0 Å². The fourth-order valence-corrected chi connectivity index (χ4v) is 2.93. The van der Waals surface area contributed by atoms with Gasteiger partial charge in [-0.15, -0.1) is 16.4 Å². The maximum absolute atomic E-state index is 12.0. The standard InChI is InChI=1S/C13H14N4O3S/c18-12(4-3-10-2-1-5-21-10)16-6-9(7-16)17-8-11(13(19)20)14-15-17/h1-2,5,8-9H,3-4,6-7H2,(H,19,20). The Balaban J connectivity index is 1.48. The molecule has 0 spiro atoms. The Morgan fingerprint density at radius 2 is 2.24 bits per heavy atom. The minimum Gasteiger partial charge on any atom is -0.476 e. The summed E-state index contributed by atoms with van der Waals surface area (Å²) < 4.78 is 1.52. The molecule has 7 nitrogen and oxygen atoms in total. The Kier molecular flexibility index (Phi) is 3.70. The molecule has 0 atom stereocenters. The van der Waals surface area contributed by atoms with Crippen molar-refractivity contribution >= 4 is 23.2 Å². The van der Waals surface area contributed by atoms with Crippen molar-refractivity contribution in [2.45, 2.75) is 18.9 Å². The molecule has 1 aliphatic heterocycles. The monoisotopic (exact) mass is 306 g/mol. The Hall–Kier alpha value is -2.22. The zero-order chi connectivity index (χ0) is 14.8. The average Bonchev–Trinajstić information content (AvgIpc) is 3.06. The van der Waals surface area contributed by atoms with E-state index in [-0.39, 0.29) is 17.6 Å². The first-order chi connectivity index (χ1) is 10.1. The van der Waals surface area contributed by atoms with E-state index in [1.165, 1.54) is 15.8 Å². The van der Waals surface area contributed by atoms with Gasteiger partial charge in [-0.25, -0.2) is 9.48 Å². The van der Waals surface area contributed by atoms with Gasteiger partial charge in [0.1, 0.15) is 0 Å². The third-order valence-corrected chi connectivity index (χ3v) is 4.42. The molecule has 0 radical (unpaired) electrons. The van der Waals surface area contributed by atoms with Gasteiger partial charge < -0.3 is 10.0 Å². The fraction of sp³-hybridized carbons (Fsp3) is 0.385. The topological polar surface area (TPSA) is 88.3 Å². The molecule has 1 saturated heterocycles. The smallest absolute Gasteiger partial charge is 0.358 e. The van der Waals surface area contributed by atoms with Gasteiger partial charge in [0.25, 0.3) is 0 Å². The predicted octanol–water partition coefficient (Wildman–Crippen LogP) is 1.05. The van der Waals surface area contributed by atoms with Crippen molar-refractivity contribution in [2.24, 2.45) is 0 Å². The number of nitrogens with zero attached hydrogens (tertiary/aromatic N) is 4. The van der Waals surface area contributed by atoms with Crippen molar-refractivity contribution in [3.63, 3.8) is 0 Å². The average molecular weight is 306 g/mol. The second kappa shape index (κ2) is 5.65. The minimum atomic E-state index is -1.09. The van der Waals surface area contributed by atoms with Crippen molar-refractivity contribution < 1.29 is 14.7 Å². The maximum Gasteiger partial charge on any atom is 0.358 e. The number of hydrogen-bond donors (Lipinski definition) is 1. The molecule has 0 unspecified atom stereocenters. The van der Waals surface area contributed by atoms with E-state index in [2.05, 4.69) is 10.3 Å². The number of amides is 1. The lowest BCUT2D eigenvalue weighted by molar-refractivity contribution is -0.137. The van der Waals surface area contributed by atoms with Crippen LogP contribution in [0.5, 0.6) is 0 Å². The Labute approximate surface area is 124 Å². The van der Waals surface area contributed by atoms with Crippen LogP contribution in [0.2, 0.25) is 0 Å². The molecule has 0 saturated carbocycles. The molecule has 1 fully saturated rings. The summed E-state index contributed by atoms with van der Waals surface area (Å²) in [4.78, 5) is 25.7. The van der Waals surface area contributed by atoms with Crippen molar-refractivity contribution in [3.05, 3.63) is 34.3 Å². The molecule has 8 heteroatoms. The summed E-state index contributed by atoms with van der Waals surface area (Å²) in [5.74, 6) is -0.970. The Bertz CT molecular complexity index is 646. The van der Waals surface area contributed by atoms with Crippen molar-refractivity contribution in [2.75, 3.05) is 13.1 Å². The van der Waals surface area contributed by atoms with Crippen LogP contribution in [0.3, 0.4) is 0 Å². The van der Waals surface area contributed by atoms with Crippen LogP contribution < -0.4 is 0 Å². The third-order valence-electron chi connectivity index (χ3n) is 3.48. The van der Waals surface area contributed by atoms with E-state index in [1.54, 1.807) is 16.2 Å². The molecule has 1 amide bonds. The summed E-state index contributed by atoms with van der Waals surface area (Å²) in [6, 6.07) is 4.03. The molecule has 0 bridgehead atoms. The molecule has 3 rings (SSSR count). The first-order valence-electron chi connectivity index (χ1n) is 6.59. The van der Waals surface area contributed by atoms with Crippen LogP contribution in [0, 0.1) is 0 Å². The van der Waals surface area contributed by atoms with Crippen LogP contribution in [0.1, 0.15) is 27.8 Å². The lowest BCUT2D eigenvalue weighted by atomic mass is 10.1. The molecule has 1 aliphatic rings. The van der Waals surface area contributed by atoms with Gasteiger partial charge in [0.2, 0.25) is 5.91 Å². The molecule has 0 aliphatic carbocycles. The SMILES string of the molecule is O=C(O)c1cn(C2CN(C(=O)CCc3cccs3)C2)nn1. The van der Waals surface area contributed by atoms with Crippen molar-refractivity contribution in [1.29, 1.82) is 0 Å². The number of carboxylic acid groups (broad SMARTS) is 1. The van der Waals surface area contributed by atoms with Gasteiger partial charge in [0, 0.05) is 24.4 Å². The predicted molar refractivity (Wildman–Crippen MR) is 75.2 cm³/mol. The van der Waals surface area contributed by atoms with Gasteiger partial charge >= 0.3 is 5.97 Å². The highest BCUT2D eigenvalue weighted by atomic mass is 32.1. The zero-order valence-corrected chi connectivity index (χ0v) is 12.0. The van der Waals surface area contributed by atoms with E-state index in [4.69, 9.17) is 5.11 Å².